The van der Waals surface area contributed by atoms with Gasteiger partial charge in [-0.3, -0.25) is 14.2 Å². The van der Waals surface area contributed by atoms with Gasteiger partial charge < -0.3 is 9.64 Å². The third kappa shape index (κ3) is 4.15. The number of fused-ring (bicyclic) bond motifs is 3. The number of para-hydroxylation sites is 2. The number of thiophene rings is 1. The van der Waals surface area contributed by atoms with Crippen molar-refractivity contribution in [1.29, 1.82) is 0 Å². The number of nitrogens with zero attached hydrogens (tertiary/aromatic N) is 3. The van der Waals surface area contributed by atoms with E-state index in [1.807, 2.05) is 29.2 Å². The van der Waals surface area contributed by atoms with Crippen molar-refractivity contribution in [2.24, 2.45) is 0 Å². The Morgan fingerprint density at radius 2 is 1.88 bits per heavy atom. The van der Waals surface area contributed by atoms with Crippen LogP contribution in [0.1, 0.15) is 56.4 Å². The largest absolute Gasteiger partial charge is 0.495 e. The van der Waals surface area contributed by atoms with Crippen LogP contribution in [0.5, 0.6) is 5.75 Å². The van der Waals surface area contributed by atoms with Crippen LogP contribution >= 0.6 is 23.1 Å². The molecule has 0 bridgehead atoms. The molecule has 1 aliphatic heterocycles. The first-order valence-electron chi connectivity index (χ1n) is 12.1. The van der Waals surface area contributed by atoms with Crippen molar-refractivity contribution < 1.29 is 9.53 Å². The summed E-state index contributed by atoms with van der Waals surface area (Å²) in [4.78, 5) is 36.3. The number of carbonyl (C=O) groups excluding carboxylic acids is 1. The Bertz CT molecular complexity index is 1270. The average molecular weight is 498 g/mol. The number of hydrogen-bond acceptors (Lipinski definition) is 6. The number of likely N-dealkylation sites (tertiary alicyclic amines) is 1. The number of aromatic nitrogens is 2. The fourth-order valence-electron chi connectivity index (χ4n) is 5.42. The van der Waals surface area contributed by atoms with Crippen LogP contribution in [0.4, 0.5) is 0 Å². The van der Waals surface area contributed by atoms with Gasteiger partial charge >= 0.3 is 0 Å². The molecule has 0 N–H and O–H groups in total. The van der Waals surface area contributed by atoms with Gasteiger partial charge in [0.15, 0.2) is 5.16 Å². The van der Waals surface area contributed by atoms with Crippen LogP contribution in [0.25, 0.3) is 15.9 Å². The van der Waals surface area contributed by atoms with Crippen LogP contribution in [0, 0.1) is 0 Å². The monoisotopic (exact) mass is 497 g/mol. The Morgan fingerprint density at radius 1 is 1.15 bits per heavy atom. The number of aryl methyl sites for hydroxylation is 2. The minimum absolute atomic E-state index is 0.0662. The second-order valence-electron chi connectivity index (χ2n) is 9.32. The van der Waals surface area contributed by atoms with E-state index < -0.39 is 0 Å². The molecule has 0 saturated carbocycles. The Kier molecular flexibility index (Phi) is 6.71. The molecule has 0 radical (unpaired) electrons. The number of methoxy groups -OCH3 is 1. The summed E-state index contributed by atoms with van der Waals surface area (Å²) in [7, 11) is 1.61. The molecule has 2 aliphatic rings. The molecule has 2 aromatic heterocycles. The molecule has 1 aliphatic carbocycles. The van der Waals surface area contributed by atoms with Gasteiger partial charge in [-0.05, 0) is 76.5 Å². The number of rotatable bonds is 5. The van der Waals surface area contributed by atoms with Crippen molar-refractivity contribution in [2.75, 3.05) is 12.9 Å². The second-order valence-corrected chi connectivity index (χ2v) is 11.3. The maximum atomic E-state index is 14.0. The van der Waals surface area contributed by atoms with Crippen LogP contribution in [-0.4, -0.2) is 45.3 Å². The van der Waals surface area contributed by atoms with Crippen molar-refractivity contribution in [3.8, 4) is 11.4 Å². The standard InChI is InChI=1S/C26H31N3O3S2/c1-16-9-8-10-17(2)28(16)22(30)15-33-26-27-24-23(18-11-4-7-14-21(18)34-24)25(31)29(26)19-12-5-6-13-20(19)32-3/h5-6,12-13,16-17H,4,7-11,14-15H2,1-3H3/t16-,17-/m0/s1. The number of benzene rings is 1. The Morgan fingerprint density at radius 3 is 2.65 bits per heavy atom. The molecule has 1 amide bonds. The van der Waals surface area contributed by atoms with Gasteiger partial charge in [-0.15, -0.1) is 11.3 Å². The normalized spacial score (nSPS) is 20.4. The lowest BCUT2D eigenvalue weighted by molar-refractivity contribution is -0.134. The van der Waals surface area contributed by atoms with Crippen molar-refractivity contribution >= 4 is 39.2 Å². The van der Waals surface area contributed by atoms with E-state index in [1.165, 1.54) is 16.6 Å². The molecule has 1 fully saturated rings. The molecule has 3 heterocycles. The molecule has 2 atom stereocenters. The van der Waals surface area contributed by atoms with E-state index in [0.29, 0.717) is 16.6 Å². The summed E-state index contributed by atoms with van der Waals surface area (Å²) in [6, 6.07) is 8.01. The number of hydrogen-bond donors (Lipinski definition) is 0. The summed E-state index contributed by atoms with van der Waals surface area (Å²) in [6.45, 7) is 4.26. The number of amides is 1. The highest BCUT2D eigenvalue weighted by Gasteiger charge is 2.30. The summed E-state index contributed by atoms with van der Waals surface area (Å²) in [5.41, 5.74) is 1.76. The van der Waals surface area contributed by atoms with E-state index in [1.54, 1.807) is 23.0 Å². The third-order valence-corrected chi connectivity index (χ3v) is 9.20. The maximum Gasteiger partial charge on any atom is 0.267 e. The molecule has 0 unspecified atom stereocenters. The smallest absolute Gasteiger partial charge is 0.267 e. The summed E-state index contributed by atoms with van der Waals surface area (Å²) < 4.78 is 7.25. The van der Waals surface area contributed by atoms with Crippen LogP contribution < -0.4 is 10.3 Å². The van der Waals surface area contributed by atoms with Crippen molar-refractivity contribution in [3.05, 3.63) is 45.1 Å². The van der Waals surface area contributed by atoms with Crippen LogP contribution in [0.2, 0.25) is 0 Å². The lowest BCUT2D eigenvalue weighted by atomic mass is 9.97. The fraction of sp³-hybridized carbons (Fsp3) is 0.500. The van der Waals surface area contributed by atoms with Gasteiger partial charge in [0.05, 0.1) is 23.9 Å². The van der Waals surface area contributed by atoms with Crippen LogP contribution in [-0.2, 0) is 17.6 Å². The lowest BCUT2D eigenvalue weighted by Crippen LogP contribution is -2.48. The molecule has 6 nitrogen and oxygen atoms in total. The van der Waals surface area contributed by atoms with Crippen LogP contribution in [0.15, 0.2) is 34.2 Å². The Labute approximate surface area is 208 Å². The zero-order chi connectivity index (χ0) is 23.8. The Hall–Kier alpha value is -2.32. The minimum atomic E-state index is -0.0662. The highest BCUT2D eigenvalue weighted by Crippen LogP contribution is 2.36. The fourth-order valence-corrected chi connectivity index (χ4v) is 7.60. The minimum Gasteiger partial charge on any atom is -0.495 e. The van der Waals surface area contributed by atoms with Crippen molar-refractivity contribution in [3.63, 3.8) is 0 Å². The van der Waals surface area contributed by atoms with E-state index in [-0.39, 0.29) is 29.3 Å². The highest BCUT2D eigenvalue weighted by molar-refractivity contribution is 7.99. The molecule has 3 aromatic rings. The van der Waals surface area contributed by atoms with E-state index in [9.17, 15) is 9.59 Å². The van der Waals surface area contributed by atoms with Crippen molar-refractivity contribution in [1.82, 2.24) is 14.5 Å². The summed E-state index contributed by atoms with van der Waals surface area (Å²) in [5, 5.41) is 1.28. The number of piperidine rings is 1. The van der Waals surface area contributed by atoms with E-state index in [4.69, 9.17) is 9.72 Å². The predicted molar refractivity (Wildman–Crippen MR) is 139 cm³/mol. The number of thioether (sulfide) groups is 1. The summed E-state index contributed by atoms with van der Waals surface area (Å²) in [6.07, 6.45) is 7.43. The molecule has 1 aromatic carbocycles. The molecule has 1 saturated heterocycles. The quantitative estimate of drug-likeness (QED) is 0.357. The van der Waals surface area contributed by atoms with E-state index in [0.717, 1.165) is 60.7 Å². The van der Waals surface area contributed by atoms with Gasteiger partial charge in [0.2, 0.25) is 5.91 Å². The van der Waals surface area contributed by atoms with Gasteiger partial charge in [-0.2, -0.15) is 0 Å². The van der Waals surface area contributed by atoms with Crippen LogP contribution in [0.3, 0.4) is 0 Å². The highest BCUT2D eigenvalue weighted by atomic mass is 32.2. The number of ether oxygens (including phenoxy) is 1. The first-order valence-corrected chi connectivity index (χ1v) is 13.9. The SMILES string of the molecule is COc1ccccc1-n1c(SCC(=O)N2[C@@H](C)CCC[C@@H]2C)nc2sc3c(c2c1=O)CCCC3. The van der Waals surface area contributed by atoms with Gasteiger partial charge in [0.1, 0.15) is 10.6 Å². The zero-order valence-corrected chi connectivity index (χ0v) is 21.6. The van der Waals surface area contributed by atoms with E-state index >= 15 is 0 Å². The molecule has 34 heavy (non-hydrogen) atoms. The van der Waals surface area contributed by atoms with Gasteiger partial charge in [0.25, 0.3) is 5.56 Å². The molecule has 0 spiro atoms. The molecular weight excluding hydrogens is 466 g/mol. The first kappa shape index (κ1) is 23.4. The summed E-state index contributed by atoms with van der Waals surface area (Å²) >= 11 is 2.99. The van der Waals surface area contributed by atoms with Gasteiger partial charge in [-0.1, -0.05) is 23.9 Å². The molecular formula is C26H31N3O3S2. The maximum absolute atomic E-state index is 14.0. The topological polar surface area (TPSA) is 64.4 Å². The van der Waals surface area contributed by atoms with E-state index in [2.05, 4.69) is 13.8 Å². The molecule has 8 heteroatoms. The van der Waals surface area contributed by atoms with Gasteiger partial charge in [0, 0.05) is 17.0 Å². The first-order chi connectivity index (χ1) is 16.5. The summed E-state index contributed by atoms with van der Waals surface area (Å²) in [5.74, 6) is 0.977. The third-order valence-electron chi connectivity index (χ3n) is 7.09. The zero-order valence-electron chi connectivity index (χ0n) is 20.0. The average Bonchev–Trinajstić information content (AvgIpc) is 3.21. The van der Waals surface area contributed by atoms with Gasteiger partial charge in [-0.25, -0.2) is 4.98 Å². The predicted octanol–water partition coefficient (Wildman–Crippen LogP) is 5.22. The van der Waals surface area contributed by atoms with Crippen molar-refractivity contribution in [2.45, 2.75) is 76.0 Å². The second kappa shape index (κ2) is 9.74. The number of carbonyl (C=O) groups is 1. The Balaban J connectivity index is 1.59. The molecule has 180 valence electrons. The molecule has 5 rings (SSSR count). The lowest BCUT2D eigenvalue weighted by Gasteiger charge is -2.39.